The lowest BCUT2D eigenvalue weighted by Crippen LogP contribution is -2.46. The van der Waals surface area contributed by atoms with Gasteiger partial charge in [-0.05, 0) is 32.5 Å². The Morgan fingerprint density at radius 1 is 1.12 bits per heavy atom. The molecule has 1 heterocycles. The molecular weight excluding hydrogens is 340 g/mol. The highest BCUT2D eigenvalue weighted by Gasteiger charge is 2.17. The van der Waals surface area contributed by atoms with E-state index in [9.17, 15) is 14.4 Å². The minimum Gasteiger partial charge on any atom is -0.454 e. The van der Waals surface area contributed by atoms with Crippen molar-refractivity contribution in [3.05, 3.63) is 18.2 Å². The molecule has 0 atom stereocenters. The molecule has 0 saturated heterocycles. The van der Waals surface area contributed by atoms with Crippen molar-refractivity contribution in [3.8, 4) is 11.5 Å². The SMILES string of the molecule is CCN(CC(=O)NC(=O)Nc1ccc2c(c1)OCO2)CC(=O)NC(C)C. The molecule has 0 bridgehead atoms. The van der Waals surface area contributed by atoms with Gasteiger partial charge in [-0.25, -0.2) is 4.79 Å². The lowest BCUT2D eigenvalue weighted by Gasteiger charge is -2.20. The maximum Gasteiger partial charge on any atom is 0.325 e. The normalized spacial score (nSPS) is 12.2. The third-order valence-corrected chi connectivity index (χ3v) is 3.51. The average molecular weight is 364 g/mol. The lowest BCUT2D eigenvalue weighted by molar-refractivity contribution is -0.124. The number of urea groups is 1. The van der Waals surface area contributed by atoms with Crippen molar-refractivity contribution in [1.82, 2.24) is 15.5 Å². The molecular formula is C17H24N4O5. The van der Waals surface area contributed by atoms with Gasteiger partial charge in [0.1, 0.15) is 0 Å². The van der Waals surface area contributed by atoms with Gasteiger partial charge in [-0.2, -0.15) is 0 Å². The molecule has 3 N–H and O–H groups in total. The predicted octanol–water partition coefficient (Wildman–Crippen LogP) is 0.910. The second-order valence-electron chi connectivity index (χ2n) is 6.10. The minimum absolute atomic E-state index is 0.0301. The number of likely N-dealkylation sites (N-methyl/N-ethyl adjacent to an activating group) is 1. The molecule has 9 nitrogen and oxygen atoms in total. The van der Waals surface area contributed by atoms with Crippen molar-refractivity contribution in [1.29, 1.82) is 0 Å². The summed E-state index contributed by atoms with van der Waals surface area (Å²) in [7, 11) is 0. The summed E-state index contributed by atoms with van der Waals surface area (Å²) < 4.78 is 10.4. The molecule has 1 aromatic carbocycles. The van der Waals surface area contributed by atoms with Crippen molar-refractivity contribution in [2.45, 2.75) is 26.8 Å². The summed E-state index contributed by atoms with van der Waals surface area (Å²) in [6.07, 6.45) is 0. The van der Waals surface area contributed by atoms with Crippen LogP contribution in [0.1, 0.15) is 20.8 Å². The van der Waals surface area contributed by atoms with E-state index in [4.69, 9.17) is 9.47 Å². The quantitative estimate of drug-likeness (QED) is 0.664. The van der Waals surface area contributed by atoms with Gasteiger partial charge in [0.05, 0.1) is 13.1 Å². The van der Waals surface area contributed by atoms with Gasteiger partial charge in [-0.3, -0.25) is 19.8 Å². The molecule has 0 saturated carbocycles. The molecule has 0 radical (unpaired) electrons. The first-order chi connectivity index (χ1) is 12.4. The number of anilines is 1. The van der Waals surface area contributed by atoms with E-state index in [0.29, 0.717) is 23.7 Å². The number of amides is 4. The molecule has 26 heavy (non-hydrogen) atoms. The van der Waals surface area contributed by atoms with E-state index in [0.717, 1.165) is 0 Å². The Morgan fingerprint density at radius 3 is 2.50 bits per heavy atom. The van der Waals surface area contributed by atoms with Crippen molar-refractivity contribution in [3.63, 3.8) is 0 Å². The van der Waals surface area contributed by atoms with Crippen molar-refractivity contribution in [2.24, 2.45) is 0 Å². The molecule has 1 aromatic rings. The number of rotatable bonds is 7. The Bertz CT molecular complexity index is 677. The average Bonchev–Trinajstić information content (AvgIpc) is 3.00. The van der Waals surface area contributed by atoms with Gasteiger partial charge in [0.25, 0.3) is 0 Å². The molecule has 0 unspecified atom stereocenters. The number of fused-ring (bicyclic) bond motifs is 1. The topological polar surface area (TPSA) is 109 Å². The van der Waals surface area contributed by atoms with Crippen LogP contribution < -0.4 is 25.4 Å². The minimum atomic E-state index is -0.656. The van der Waals surface area contributed by atoms with Crippen molar-refractivity contribution >= 4 is 23.5 Å². The van der Waals surface area contributed by atoms with Crippen LogP contribution >= 0.6 is 0 Å². The largest absolute Gasteiger partial charge is 0.454 e. The van der Waals surface area contributed by atoms with Crippen LogP contribution in [0.25, 0.3) is 0 Å². The van der Waals surface area contributed by atoms with Gasteiger partial charge in [0.2, 0.25) is 18.6 Å². The maximum atomic E-state index is 12.0. The summed E-state index contributed by atoms with van der Waals surface area (Å²) in [5.74, 6) is 0.467. The van der Waals surface area contributed by atoms with Crippen LogP contribution in [0.15, 0.2) is 18.2 Å². The van der Waals surface area contributed by atoms with Crippen LogP contribution in [-0.4, -0.2) is 55.2 Å². The van der Waals surface area contributed by atoms with Crippen LogP contribution in [0, 0.1) is 0 Å². The molecule has 0 aromatic heterocycles. The zero-order valence-electron chi connectivity index (χ0n) is 15.1. The summed E-state index contributed by atoms with van der Waals surface area (Å²) in [6.45, 7) is 6.23. The number of hydrogen-bond donors (Lipinski definition) is 3. The molecule has 9 heteroatoms. The maximum absolute atomic E-state index is 12.0. The van der Waals surface area contributed by atoms with E-state index >= 15 is 0 Å². The van der Waals surface area contributed by atoms with Crippen molar-refractivity contribution < 1.29 is 23.9 Å². The number of hydrogen-bond acceptors (Lipinski definition) is 6. The fourth-order valence-corrected chi connectivity index (χ4v) is 2.36. The highest BCUT2D eigenvalue weighted by molar-refractivity contribution is 6.02. The van der Waals surface area contributed by atoms with Crippen LogP contribution in [0.2, 0.25) is 0 Å². The first-order valence-corrected chi connectivity index (χ1v) is 8.39. The van der Waals surface area contributed by atoms with E-state index < -0.39 is 11.9 Å². The number of imide groups is 1. The van der Waals surface area contributed by atoms with Gasteiger partial charge < -0.3 is 20.1 Å². The van der Waals surface area contributed by atoms with Gasteiger partial charge in [0.15, 0.2) is 11.5 Å². The molecule has 0 aliphatic carbocycles. The van der Waals surface area contributed by atoms with E-state index in [2.05, 4.69) is 16.0 Å². The predicted molar refractivity (Wildman–Crippen MR) is 95.1 cm³/mol. The van der Waals surface area contributed by atoms with Crippen LogP contribution in [-0.2, 0) is 9.59 Å². The molecule has 0 fully saturated rings. The molecule has 1 aliphatic heterocycles. The number of nitrogens with zero attached hydrogens (tertiary/aromatic N) is 1. The zero-order chi connectivity index (χ0) is 19.1. The Labute approximate surface area is 152 Å². The standard InChI is InChI=1S/C17H24N4O5/c1-4-21(8-15(22)18-11(2)3)9-16(23)20-17(24)19-12-5-6-13-14(7-12)26-10-25-13/h5-7,11H,4,8-10H2,1-3H3,(H,18,22)(H2,19,20,23,24). The van der Waals surface area contributed by atoms with Gasteiger partial charge in [-0.15, -0.1) is 0 Å². The second-order valence-corrected chi connectivity index (χ2v) is 6.10. The summed E-state index contributed by atoms with van der Waals surface area (Å²) in [6, 6.07) is 4.30. The zero-order valence-corrected chi connectivity index (χ0v) is 15.1. The third-order valence-electron chi connectivity index (χ3n) is 3.51. The van der Waals surface area contributed by atoms with Crippen LogP contribution in [0.5, 0.6) is 11.5 Å². The van der Waals surface area contributed by atoms with Gasteiger partial charge >= 0.3 is 6.03 Å². The Kier molecular flexibility index (Phi) is 6.79. The summed E-state index contributed by atoms with van der Waals surface area (Å²) in [5.41, 5.74) is 0.475. The molecule has 1 aliphatic rings. The van der Waals surface area contributed by atoms with E-state index in [1.807, 2.05) is 20.8 Å². The Morgan fingerprint density at radius 2 is 1.81 bits per heavy atom. The molecule has 142 valence electrons. The number of benzene rings is 1. The molecule has 2 rings (SSSR count). The number of nitrogens with one attached hydrogen (secondary N) is 3. The smallest absolute Gasteiger partial charge is 0.325 e. The third kappa shape index (κ3) is 5.92. The summed E-state index contributed by atoms with van der Waals surface area (Å²) in [5, 5.41) is 7.56. The Hall–Kier alpha value is -2.81. The van der Waals surface area contributed by atoms with Crippen molar-refractivity contribution in [2.75, 3.05) is 31.7 Å². The fraction of sp³-hybridized carbons (Fsp3) is 0.471. The number of carbonyl (C=O) groups excluding carboxylic acids is 3. The van der Waals surface area contributed by atoms with Gasteiger partial charge in [-0.1, -0.05) is 6.92 Å². The first kappa shape index (κ1) is 19.5. The van der Waals surface area contributed by atoms with Crippen LogP contribution in [0.3, 0.4) is 0 Å². The second kappa shape index (κ2) is 9.04. The summed E-state index contributed by atoms with van der Waals surface area (Å²) >= 11 is 0. The van der Waals surface area contributed by atoms with Crippen LogP contribution in [0.4, 0.5) is 10.5 Å². The van der Waals surface area contributed by atoms with E-state index in [1.165, 1.54) is 0 Å². The van der Waals surface area contributed by atoms with E-state index in [1.54, 1.807) is 23.1 Å². The molecule has 0 spiro atoms. The fourth-order valence-electron chi connectivity index (χ4n) is 2.36. The number of carbonyl (C=O) groups is 3. The first-order valence-electron chi connectivity index (χ1n) is 8.39. The lowest BCUT2D eigenvalue weighted by atomic mass is 10.3. The highest BCUT2D eigenvalue weighted by Crippen LogP contribution is 2.34. The summed E-state index contributed by atoms with van der Waals surface area (Å²) in [4.78, 5) is 37.4. The van der Waals surface area contributed by atoms with E-state index in [-0.39, 0.29) is 31.8 Å². The molecule has 4 amide bonds. The highest BCUT2D eigenvalue weighted by atomic mass is 16.7. The van der Waals surface area contributed by atoms with Gasteiger partial charge in [0, 0.05) is 17.8 Å². The Balaban J connectivity index is 1.80. The number of ether oxygens (including phenoxy) is 2. The monoisotopic (exact) mass is 364 g/mol.